The lowest BCUT2D eigenvalue weighted by molar-refractivity contribution is 0.244. The van der Waals surface area contributed by atoms with E-state index < -0.39 is 0 Å². The first kappa shape index (κ1) is 16.8. The number of rotatable bonds is 7. The number of aromatic nitrogens is 2. The second kappa shape index (κ2) is 7.70. The Balaban J connectivity index is 1.76. The van der Waals surface area contributed by atoms with E-state index in [2.05, 4.69) is 20.6 Å². The Bertz CT molecular complexity index is 816. The number of para-hydroxylation sites is 2. The first-order valence-corrected chi connectivity index (χ1v) is 8.25. The van der Waals surface area contributed by atoms with Gasteiger partial charge in [-0.15, -0.1) is 0 Å². The van der Waals surface area contributed by atoms with Gasteiger partial charge in [-0.1, -0.05) is 12.1 Å². The van der Waals surface area contributed by atoms with Crippen molar-refractivity contribution in [1.29, 1.82) is 0 Å². The van der Waals surface area contributed by atoms with Crippen molar-refractivity contribution >= 4 is 17.5 Å². The van der Waals surface area contributed by atoms with Crippen LogP contribution in [0.2, 0.25) is 0 Å². The first-order chi connectivity index (χ1) is 12.1. The summed E-state index contributed by atoms with van der Waals surface area (Å²) in [6.45, 7) is 6.47. The molecule has 0 aliphatic rings. The lowest BCUT2D eigenvalue weighted by Gasteiger charge is -2.15. The number of anilines is 3. The molecular formula is C19H22N4O2. The van der Waals surface area contributed by atoms with Crippen molar-refractivity contribution in [3.63, 3.8) is 0 Å². The highest BCUT2D eigenvalue weighted by Crippen LogP contribution is 2.28. The van der Waals surface area contributed by atoms with Crippen molar-refractivity contribution in [3.05, 3.63) is 60.2 Å². The van der Waals surface area contributed by atoms with E-state index in [1.807, 2.05) is 63.2 Å². The normalized spacial score (nSPS) is 10.7. The zero-order valence-corrected chi connectivity index (χ0v) is 14.6. The summed E-state index contributed by atoms with van der Waals surface area (Å²) >= 11 is 0. The minimum absolute atomic E-state index is 0.0978. The van der Waals surface area contributed by atoms with Crippen LogP contribution in [0.15, 0.2) is 53.1 Å². The van der Waals surface area contributed by atoms with Gasteiger partial charge >= 0.3 is 0 Å². The van der Waals surface area contributed by atoms with E-state index >= 15 is 0 Å². The van der Waals surface area contributed by atoms with Gasteiger partial charge in [-0.2, -0.15) is 4.98 Å². The van der Waals surface area contributed by atoms with Gasteiger partial charge in [-0.25, -0.2) is 4.98 Å². The van der Waals surface area contributed by atoms with Gasteiger partial charge in [0, 0.05) is 11.8 Å². The molecule has 6 nitrogen and oxygen atoms in total. The summed E-state index contributed by atoms with van der Waals surface area (Å²) < 4.78 is 11.2. The molecule has 0 radical (unpaired) electrons. The van der Waals surface area contributed by atoms with Crippen LogP contribution in [0.1, 0.15) is 25.3 Å². The molecule has 25 heavy (non-hydrogen) atoms. The number of ether oxygens (including phenoxy) is 1. The number of hydrogen-bond acceptors (Lipinski definition) is 6. The van der Waals surface area contributed by atoms with Crippen LogP contribution in [0.4, 0.5) is 17.5 Å². The third-order valence-corrected chi connectivity index (χ3v) is 3.37. The van der Waals surface area contributed by atoms with Crippen molar-refractivity contribution in [1.82, 2.24) is 9.97 Å². The molecule has 3 rings (SSSR count). The molecule has 0 unspecified atom stereocenters. The molecule has 0 saturated carbocycles. The number of aryl methyl sites for hydroxylation is 1. The second-order valence-corrected chi connectivity index (χ2v) is 5.94. The van der Waals surface area contributed by atoms with Crippen LogP contribution in [-0.4, -0.2) is 16.1 Å². The largest absolute Gasteiger partial charge is 0.489 e. The Morgan fingerprint density at radius 1 is 1.12 bits per heavy atom. The van der Waals surface area contributed by atoms with E-state index in [1.165, 1.54) is 0 Å². The van der Waals surface area contributed by atoms with Crippen molar-refractivity contribution in [2.45, 2.75) is 33.4 Å². The third-order valence-electron chi connectivity index (χ3n) is 3.37. The molecule has 2 heterocycles. The summed E-state index contributed by atoms with van der Waals surface area (Å²) in [6, 6.07) is 13.5. The van der Waals surface area contributed by atoms with Gasteiger partial charge in [-0.3, -0.25) is 0 Å². The Labute approximate surface area is 147 Å². The fraction of sp³-hybridized carbons (Fsp3) is 0.263. The Hall–Kier alpha value is -3.02. The minimum atomic E-state index is 0.0978. The van der Waals surface area contributed by atoms with E-state index in [-0.39, 0.29) is 6.10 Å². The standard InChI is InChI=1S/C19H22N4O2/c1-13(2)25-17-9-5-4-8-16(17)22-18-11-14(3)21-19(23-18)20-12-15-7-6-10-24-15/h4-11,13H,12H2,1-3H3,(H2,20,21,22,23). The minimum Gasteiger partial charge on any atom is -0.489 e. The Kier molecular flexibility index (Phi) is 5.18. The van der Waals surface area contributed by atoms with Gasteiger partial charge in [0.1, 0.15) is 17.3 Å². The van der Waals surface area contributed by atoms with Gasteiger partial charge in [0.15, 0.2) is 0 Å². The summed E-state index contributed by atoms with van der Waals surface area (Å²) in [6.07, 6.45) is 1.74. The lowest BCUT2D eigenvalue weighted by atomic mass is 10.3. The quantitative estimate of drug-likeness (QED) is 0.660. The van der Waals surface area contributed by atoms with Crippen LogP contribution in [0.25, 0.3) is 0 Å². The smallest absolute Gasteiger partial charge is 0.225 e. The topological polar surface area (TPSA) is 72.2 Å². The molecule has 0 bridgehead atoms. The second-order valence-electron chi connectivity index (χ2n) is 5.94. The molecule has 3 aromatic rings. The van der Waals surface area contributed by atoms with Crippen molar-refractivity contribution in [3.8, 4) is 5.75 Å². The third kappa shape index (κ3) is 4.73. The number of benzene rings is 1. The molecule has 6 heteroatoms. The Morgan fingerprint density at radius 2 is 1.96 bits per heavy atom. The SMILES string of the molecule is Cc1cc(Nc2ccccc2OC(C)C)nc(NCc2ccco2)n1. The molecule has 2 N–H and O–H groups in total. The molecule has 0 fully saturated rings. The maximum absolute atomic E-state index is 5.84. The molecule has 0 amide bonds. The van der Waals surface area contributed by atoms with E-state index in [4.69, 9.17) is 9.15 Å². The number of hydrogen-bond donors (Lipinski definition) is 2. The molecule has 0 atom stereocenters. The van der Waals surface area contributed by atoms with Crippen molar-refractivity contribution in [2.75, 3.05) is 10.6 Å². The molecule has 0 aliphatic carbocycles. The van der Waals surface area contributed by atoms with E-state index in [0.717, 1.165) is 22.9 Å². The summed E-state index contributed by atoms with van der Waals surface area (Å²) in [5.41, 5.74) is 1.73. The fourth-order valence-corrected chi connectivity index (χ4v) is 2.36. The van der Waals surface area contributed by atoms with Gasteiger partial charge in [0.2, 0.25) is 5.95 Å². The monoisotopic (exact) mass is 338 g/mol. The van der Waals surface area contributed by atoms with Gasteiger partial charge in [0.25, 0.3) is 0 Å². The van der Waals surface area contributed by atoms with Crippen LogP contribution < -0.4 is 15.4 Å². The summed E-state index contributed by atoms with van der Waals surface area (Å²) in [4.78, 5) is 8.93. The molecule has 0 spiro atoms. The Morgan fingerprint density at radius 3 is 2.72 bits per heavy atom. The molecule has 1 aromatic carbocycles. The number of nitrogens with zero attached hydrogens (tertiary/aromatic N) is 2. The average Bonchev–Trinajstić information content (AvgIpc) is 3.07. The van der Waals surface area contributed by atoms with Crippen LogP contribution in [0.3, 0.4) is 0 Å². The molecular weight excluding hydrogens is 316 g/mol. The zero-order valence-electron chi connectivity index (χ0n) is 14.6. The molecule has 0 aliphatic heterocycles. The molecule has 2 aromatic heterocycles. The van der Waals surface area contributed by atoms with Crippen LogP contribution in [-0.2, 0) is 6.54 Å². The van der Waals surface area contributed by atoms with Crippen molar-refractivity contribution in [2.24, 2.45) is 0 Å². The van der Waals surface area contributed by atoms with Crippen LogP contribution in [0.5, 0.6) is 5.75 Å². The van der Waals surface area contributed by atoms with E-state index in [9.17, 15) is 0 Å². The maximum atomic E-state index is 5.84. The highest BCUT2D eigenvalue weighted by molar-refractivity contribution is 5.64. The zero-order chi connectivity index (χ0) is 17.6. The highest BCUT2D eigenvalue weighted by atomic mass is 16.5. The highest BCUT2D eigenvalue weighted by Gasteiger charge is 2.08. The number of nitrogens with one attached hydrogen (secondary N) is 2. The molecule has 0 saturated heterocycles. The summed E-state index contributed by atoms with van der Waals surface area (Å²) in [5.74, 6) is 2.87. The van der Waals surface area contributed by atoms with Gasteiger partial charge < -0.3 is 19.8 Å². The van der Waals surface area contributed by atoms with Crippen LogP contribution >= 0.6 is 0 Å². The fourth-order valence-electron chi connectivity index (χ4n) is 2.36. The van der Waals surface area contributed by atoms with Crippen LogP contribution in [0, 0.1) is 6.92 Å². The van der Waals surface area contributed by atoms with Crippen molar-refractivity contribution < 1.29 is 9.15 Å². The van der Waals surface area contributed by atoms with E-state index in [1.54, 1.807) is 6.26 Å². The summed E-state index contributed by atoms with van der Waals surface area (Å²) in [5, 5.41) is 6.49. The average molecular weight is 338 g/mol. The van der Waals surface area contributed by atoms with Gasteiger partial charge in [0.05, 0.1) is 24.6 Å². The molecule has 130 valence electrons. The number of furan rings is 1. The van der Waals surface area contributed by atoms with E-state index in [0.29, 0.717) is 18.3 Å². The first-order valence-electron chi connectivity index (χ1n) is 8.25. The van der Waals surface area contributed by atoms with Gasteiger partial charge in [-0.05, 0) is 45.0 Å². The summed E-state index contributed by atoms with van der Waals surface area (Å²) in [7, 11) is 0. The lowest BCUT2D eigenvalue weighted by Crippen LogP contribution is -2.08. The predicted molar refractivity (Wildman–Crippen MR) is 98.3 cm³/mol. The predicted octanol–water partition coefficient (Wildman–Crippen LogP) is 4.52. The maximum Gasteiger partial charge on any atom is 0.225 e.